The Morgan fingerprint density at radius 2 is 1.94 bits per heavy atom. The van der Waals surface area contributed by atoms with Crippen LogP contribution in [0.2, 0.25) is 0 Å². The fraction of sp³-hybridized carbons (Fsp3) is 0.846. The average Bonchev–Trinajstić information content (AvgIpc) is 2.41. The zero-order valence-electron chi connectivity index (χ0n) is 11.3. The first-order valence-corrected chi connectivity index (χ1v) is 6.03. The fourth-order valence-electron chi connectivity index (χ4n) is 2.92. The van der Waals surface area contributed by atoms with Gasteiger partial charge in [0.2, 0.25) is 0 Å². The summed E-state index contributed by atoms with van der Waals surface area (Å²) in [5.74, 6) is 0.0326. The number of rotatable bonds is 3. The SMILES string of the molecule is COC(=O)CC1CC(C)C(OC(C)=O)C1(C)C. The molecule has 17 heavy (non-hydrogen) atoms. The van der Waals surface area contributed by atoms with Gasteiger partial charge in [0.25, 0.3) is 0 Å². The van der Waals surface area contributed by atoms with Crippen molar-refractivity contribution >= 4 is 11.9 Å². The Morgan fingerprint density at radius 1 is 1.35 bits per heavy atom. The molecule has 3 atom stereocenters. The van der Waals surface area contributed by atoms with E-state index in [0.29, 0.717) is 6.42 Å². The van der Waals surface area contributed by atoms with Crippen LogP contribution in [0.1, 0.15) is 40.5 Å². The number of methoxy groups -OCH3 is 1. The van der Waals surface area contributed by atoms with Crippen molar-refractivity contribution in [2.45, 2.75) is 46.6 Å². The molecule has 1 rings (SSSR count). The smallest absolute Gasteiger partial charge is 0.305 e. The third-order valence-electron chi connectivity index (χ3n) is 3.89. The van der Waals surface area contributed by atoms with Crippen LogP contribution in [0.5, 0.6) is 0 Å². The van der Waals surface area contributed by atoms with Gasteiger partial charge in [0.15, 0.2) is 0 Å². The average molecular weight is 242 g/mol. The third kappa shape index (κ3) is 2.99. The van der Waals surface area contributed by atoms with E-state index in [2.05, 4.69) is 20.8 Å². The van der Waals surface area contributed by atoms with Gasteiger partial charge in [-0.05, 0) is 18.3 Å². The fourth-order valence-corrected chi connectivity index (χ4v) is 2.92. The summed E-state index contributed by atoms with van der Waals surface area (Å²) in [6, 6.07) is 0. The number of esters is 2. The highest BCUT2D eigenvalue weighted by Gasteiger charge is 2.49. The summed E-state index contributed by atoms with van der Waals surface area (Å²) >= 11 is 0. The predicted molar refractivity (Wildman–Crippen MR) is 63.2 cm³/mol. The third-order valence-corrected chi connectivity index (χ3v) is 3.89. The molecule has 0 N–H and O–H groups in total. The molecule has 0 saturated heterocycles. The van der Waals surface area contributed by atoms with E-state index in [1.807, 2.05) is 0 Å². The Morgan fingerprint density at radius 3 is 2.41 bits per heavy atom. The van der Waals surface area contributed by atoms with E-state index in [4.69, 9.17) is 9.47 Å². The molecule has 0 bridgehead atoms. The standard InChI is InChI=1S/C13H22O4/c1-8-6-10(7-11(15)16-5)13(3,4)12(8)17-9(2)14/h8,10,12H,6-7H2,1-5H3. The van der Waals surface area contributed by atoms with Gasteiger partial charge in [0.05, 0.1) is 7.11 Å². The quantitative estimate of drug-likeness (QED) is 0.712. The summed E-state index contributed by atoms with van der Waals surface area (Å²) in [5.41, 5.74) is -0.181. The highest BCUT2D eigenvalue weighted by atomic mass is 16.5. The van der Waals surface area contributed by atoms with Crippen molar-refractivity contribution in [3.8, 4) is 0 Å². The Hall–Kier alpha value is -1.06. The summed E-state index contributed by atoms with van der Waals surface area (Å²) in [7, 11) is 1.40. The molecule has 0 heterocycles. The number of carbonyl (C=O) groups excluding carboxylic acids is 2. The molecular formula is C13H22O4. The molecule has 3 unspecified atom stereocenters. The molecule has 0 spiro atoms. The van der Waals surface area contributed by atoms with Gasteiger partial charge in [-0.1, -0.05) is 20.8 Å². The maximum absolute atomic E-state index is 11.4. The number of ether oxygens (including phenoxy) is 2. The van der Waals surface area contributed by atoms with Crippen molar-refractivity contribution < 1.29 is 19.1 Å². The highest BCUT2D eigenvalue weighted by Crippen LogP contribution is 2.49. The van der Waals surface area contributed by atoms with Gasteiger partial charge in [0, 0.05) is 18.8 Å². The largest absolute Gasteiger partial charge is 0.469 e. The van der Waals surface area contributed by atoms with E-state index < -0.39 is 0 Å². The molecule has 1 saturated carbocycles. The molecular weight excluding hydrogens is 220 g/mol. The summed E-state index contributed by atoms with van der Waals surface area (Å²) in [6.45, 7) is 7.60. The van der Waals surface area contributed by atoms with E-state index in [1.54, 1.807) is 0 Å². The molecule has 0 aliphatic heterocycles. The van der Waals surface area contributed by atoms with Crippen LogP contribution in [-0.2, 0) is 19.1 Å². The molecule has 0 radical (unpaired) electrons. The molecule has 4 nitrogen and oxygen atoms in total. The second-order valence-electron chi connectivity index (χ2n) is 5.54. The molecule has 1 fully saturated rings. The van der Waals surface area contributed by atoms with E-state index >= 15 is 0 Å². The molecule has 0 amide bonds. The van der Waals surface area contributed by atoms with Crippen molar-refractivity contribution in [2.75, 3.05) is 7.11 Å². The minimum atomic E-state index is -0.256. The first-order valence-electron chi connectivity index (χ1n) is 6.03. The first kappa shape index (κ1) is 14.0. The maximum atomic E-state index is 11.4. The van der Waals surface area contributed by atoms with Crippen LogP contribution in [-0.4, -0.2) is 25.2 Å². The molecule has 0 aromatic rings. The molecule has 4 heteroatoms. The second kappa shape index (κ2) is 5.07. The van der Waals surface area contributed by atoms with Gasteiger partial charge >= 0.3 is 11.9 Å². The van der Waals surface area contributed by atoms with Crippen molar-refractivity contribution in [1.29, 1.82) is 0 Å². The van der Waals surface area contributed by atoms with E-state index in [-0.39, 0.29) is 35.3 Å². The van der Waals surface area contributed by atoms with Crippen LogP contribution in [0.3, 0.4) is 0 Å². The highest BCUT2D eigenvalue weighted by molar-refractivity contribution is 5.69. The minimum Gasteiger partial charge on any atom is -0.469 e. The summed E-state index contributed by atoms with van der Waals surface area (Å²) < 4.78 is 10.1. The molecule has 1 aliphatic carbocycles. The Labute approximate surface area is 103 Å². The maximum Gasteiger partial charge on any atom is 0.305 e. The Bertz CT molecular complexity index is 309. The molecule has 98 valence electrons. The summed E-state index contributed by atoms with van der Waals surface area (Å²) in [6.07, 6.45) is 1.17. The lowest BCUT2D eigenvalue weighted by atomic mass is 9.78. The Balaban J connectivity index is 2.77. The Kier molecular flexibility index (Phi) is 4.17. The van der Waals surface area contributed by atoms with Crippen LogP contribution < -0.4 is 0 Å². The van der Waals surface area contributed by atoms with Gasteiger partial charge in [0.1, 0.15) is 6.10 Å². The van der Waals surface area contributed by atoms with Gasteiger partial charge in [-0.15, -0.1) is 0 Å². The van der Waals surface area contributed by atoms with E-state index in [1.165, 1.54) is 14.0 Å². The van der Waals surface area contributed by atoms with Crippen LogP contribution in [0.15, 0.2) is 0 Å². The minimum absolute atomic E-state index is 0.116. The lowest BCUT2D eigenvalue weighted by Crippen LogP contribution is -2.35. The van der Waals surface area contributed by atoms with Gasteiger partial charge in [-0.2, -0.15) is 0 Å². The number of hydrogen-bond acceptors (Lipinski definition) is 4. The van der Waals surface area contributed by atoms with Crippen LogP contribution in [0.25, 0.3) is 0 Å². The zero-order chi connectivity index (χ0) is 13.2. The van der Waals surface area contributed by atoms with Gasteiger partial charge < -0.3 is 9.47 Å². The lowest BCUT2D eigenvalue weighted by molar-refractivity contribution is -0.154. The number of carbonyl (C=O) groups is 2. The zero-order valence-corrected chi connectivity index (χ0v) is 11.3. The van der Waals surface area contributed by atoms with Crippen molar-refractivity contribution in [3.05, 3.63) is 0 Å². The van der Waals surface area contributed by atoms with Crippen molar-refractivity contribution in [3.63, 3.8) is 0 Å². The van der Waals surface area contributed by atoms with Crippen LogP contribution in [0, 0.1) is 17.3 Å². The molecule has 0 aromatic carbocycles. The van der Waals surface area contributed by atoms with E-state index in [0.717, 1.165) is 6.42 Å². The van der Waals surface area contributed by atoms with Gasteiger partial charge in [-0.25, -0.2) is 0 Å². The van der Waals surface area contributed by atoms with Gasteiger partial charge in [-0.3, -0.25) is 9.59 Å². The second-order valence-corrected chi connectivity index (χ2v) is 5.54. The monoisotopic (exact) mass is 242 g/mol. The normalized spacial score (nSPS) is 31.0. The van der Waals surface area contributed by atoms with Crippen LogP contribution in [0.4, 0.5) is 0 Å². The molecule has 1 aliphatic rings. The summed E-state index contributed by atoms with van der Waals surface area (Å²) in [4.78, 5) is 22.5. The first-order chi connectivity index (χ1) is 7.78. The van der Waals surface area contributed by atoms with Crippen LogP contribution >= 0.6 is 0 Å². The van der Waals surface area contributed by atoms with Crippen molar-refractivity contribution in [1.82, 2.24) is 0 Å². The summed E-state index contributed by atoms with van der Waals surface area (Å²) in [5, 5.41) is 0. The topological polar surface area (TPSA) is 52.6 Å². The predicted octanol–water partition coefficient (Wildman–Crippen LogP) is 2.16. The molecule has 0 aromatic heterocycles. The van der Waals surface area contributed by atoms with Crippen molar-refractivity contribution in [2.24, 2.45) is 17.3 Å². The van der Waals surface area contributed by atoms with E-state index in [9.17, 15) is 9.59 Å². The lowest BCUT2D eigenvalue weighted by Gasteiger charge is -2.32. The number of hydrogen-bond donors (Lipinski definition) is 0.